The molecule has 0 radical (unpaired) electrons. The summed E-state index contributed by atoms with van der Waals surface area (Å²) in [4.78, 5) is 2.78. The van der Waals surface area contributed by atoms with Gasteiger partial charge in [-0.05, 0) is 36.6 Å². The molecule has 1 fully saturated rings. The van der Waals surface area contributed by atoms with Crippen molar-refractivity contribution in [3.8, 4) is 0 Å². The second kappa shape index (κ2) is 6.29. The van der Waals surface area contributed by atoms with E-state index in [2.05, 4.69) is 15.5 Å². The molecule has 0 aliphatic heterocycles. The number of nitrogens with zero attached hydrogens (tertiary/aromatic N) is 3. The van der Waals surface area contributed by atoms with E-state index < -0.39 is 0 Å². The lowest BCUT2D eigenvalue weighted by molar-refractivity contribution is 0.615. The van der Waals surface area contributed by atoms with Gasteiger partial charge in [0.25, 0.3) is 0 Å². The lowest BCUT2D eigenvalue weighted by Gasteiger charge is -2.06. The molecule has 1 aliphatic rings. The molecule has 0 amide bonds. The molecule has 0 atom stereocenters. The molecule has 1 aliphatic carbocycles. The Morgan fingerprint density at radius 1 is 1.33 bits per heavy atom. The van der Waals surface area contributed by atoms with Crippen LogP contribution in [-0.2, 0) is 6.54 Å². The van der Waals surface area contributed by atoms with Crippen LogP contribution in [-0.4, -0.2) is 30.3 Å². The zero-order valence-electron chi connectivity index (χ0n) is 12.0. The summed E-state index contributed by atoms with van der Waals surface area (Å²) in [6.45, 7) is 0.717. The van der Waals surface area contributed by atoms with Crippen LogP contribution < -0.4 is 10.2 Å². The minimum absolute atomic E-state index is 0.204. The summed E-state index contributed by atoms with van der Waals surface area (Å²) in [5, 5.41) is 12.5. The van der Waals surface area contributed by atoms with Crippen LogP contribution in [0.4, 0.5) is 9.52 Å². The first-order chi connectivity index (χ1) is 10.1. The van der Waals surface area contributed by atoms with Crippen molar-refractivity contribution in [2.24, 2.45) is 0 Å². The Bertz CT molecular complexity index is 625. The van der Waals surface area contributed by atoms with Crippen LogP contribution in [0.15, 0.2) is 27.4 Å². The fraction of sp³-hybridized carbons (Fsp3) is 0.429. The van der Waals surface area contributed by atoms with E-state index in [0.29, 0.717) is 6.04 Å². The zero-order chi connectivity index (χ0) is 14.8. The molecule has 21 heavy (non-hydrogen) atoms. The van der Waals surface area contributed by atoms with E-state index in [0.717, 1.165) is 26.5 Å². The third kappa shape index (κ3) is 4.15. The van der Waals surface area contributed by atoms with Crippen LogP contribution in [0, 0.1) is 5.82 Å². The average Bonchev–Trinajstić information content (AvgIpc) is 3.14. The molecule has 0 bridgehead atoms. The summed E-state index contributed by atoms with van der Waals surface area (Å²) in [5.74, 6) is -0.204. The molecule has 4 nitrogen and oxygen atoms in total. The normalized spacial score (nSPS) is 14.4. The van der Waals surface area contributed by atoms with Gasteiger partial charge >= 0.3 is 0 Å². The number of hydrogen-bond donors (Lipinski definition) is 1. The number of nitrogens with one attached hydrogen (secondary N) is 1. The molecule has 3 rings (SSSR count). The highest BCUT2D eigenvalue weighted by molar-refractivity contribution is 8.01. The minimum Gasteiger partial charge on any atom is -0.353 e. The average molecular weight is 324 g/mol. The number of benzene rings is 1. The molecule has 1 heterocycles. The summed E-state index contributed by atoms with van der Waals surface area (Å²) in [6.07, 6.45) is 2.46. The molecular weight excluding hydrogens is 307 g/mol. The van der Waals surface area contributed by atoms with Gasteiger partial charge in [0.15, 0.2) is 4.34 Å². The Labute approximate surface area is 131 Å². The van der Waals surface area contributed by atoms with Crippen molar-refractivity contribution >= 4 is 28.2 Å². The van der Waals surface area contributed by atoms with Crippen molar-refractivity contribution in [1.82, 2.24) is 15.5 Å². The molecule has 0 saturated heterocycles. The topological polar surface area (TPSA) is 41.1 Å². The van der Waals surface area contributed by atoms with Gasteiger partial charge in [0.05, 0.1) is 0 Å². The Hall–Kier alpha value is -1.18. The predicted octanol–water partition coefficient (Wildman–Crippen LogP) is 3.15. The van der Waals surface area contributed by atoms with Crippen LogP contribution >= 0.6 is 23.1 Å². The molecular formula is C14H17FN4S2. The SMILES string of the molecule is CN(C)c1nnc(Sc2cc(F)cc(CNC3CC3)c2)s1. The van der Waals surface area contributed by atoms with Crippen molar-refractivity contribution in [2.45, 2.75) is 34.7 Å². The van der Waals surface area contributed by atoms with Crippen molar-refractivity contribution in [3.05, 3.63) is 29.6 Å². The van der Waals surface area contributed by atoms with Crippen molar-refractivity contribution in [2.75, 3.05) is 19.0 Å². The molecule has 2 aromatic rings. The van der Waals surface area contributed by atoms with Gasteiger partial charge in [-0.1, -0.05) is 23.1 Å². The van der Waals surface area contributed by atoms with Crippen LogP contribution in [0.5, 0.6) is 0 Å². The summed E-state index contributed by atoms with van der Waals surface area (Å²) in [5.41, 5.74) is 0.974. The molecule has 1 saturated carbocycles. The third-order valence-electron chi connectivity index (χ3n) is 3.09. The molecule has 1 aromatic heterocycles. The van der Waals surface area contributed by atoms with E-state index in [1.54, 1.807) is 12.1 Å². The number of rotatable bonds is 6. The largest absolute Gasteiger partial charge is 0.353 e. The number of aromatic nitrogens is 2. The second-order valence-corrected chi connectivity index (χ2v) is 7.57. The highest BCUT2D eigenvalue weighted by Gasteiger charge is 2.20. The van der Waals surface area contributed by atoms with Crippen molar-refractivity contribution < 1.29 is 4.39 Å². The smallest absolute Gasteiger partial charge is 0.208 e. The first kappa shape index (κ1) is 14.7. The van der Waals surface area contributed by atoms with E-state index in [1.165, 1.54) is 35.9 Å². The van der Waals surface area contributed by atoms with E-state index in [-0.39, 0.29) is 5.82 Å². The van der Waals surface area contributed by atoms with Crippen LogP contribution in [0.1, 0.15) is 18.4 Å². The van der Waals surface area contributed by atoms with Crippen LogP contribution in [0.25, 0.3) is 0 Å². The molecule has 7 heteroatoms. The van der Waals surface area contributed by atoms with E-state index in [1.807, 2.05) is 25.1 Å². The van der Waals surface area contributed by atoms with E-state index in [9.17, 15) is 4.39 Å². The molecule has 0 spiro atoms. The highest BCUT2D eigenvalue weighted by Crippen LogP contribution is 2.33. The van der Waals surface area contributed by atoms with Crippen LogP contribution in [0.3, 0.4) is 0 Å². The monoisotopic (exact) mass is 324 g/mol. The fourth-order valence-corrected chi connectivity index (χ4v) is 3.70. The Balaban J connectivity index is 1.70. The number of anilines is 1. The van der Waals surface area contributed by atoms with Gasteiger partial charge in [0.2, 0.25) is 5.13 Å². The van der Waals surface area contributed by atoms with Gasteiger partial charge in [0, 0.05) is 31.6 Å². The van der Waals surface area contributed by atoms with Gasteiger partial charge in [0.1, 0.15) is 5.82 Å². The van der Waals surface area contributed by atoms with Gasteiger partial charge in [-0.3, -0.25) is 0 Å². The standard InChI is InChI=1S/C14H17FN4S2/c1-19(2)13-17-18-14(21-13)20-12-6-9(5-10(15)7-12)8-16-11-3-4-11/h5-7,11,16H,3-4,8H2,1-2H3. The first-order valence-corrected chi connectivity index (χ1v) is 8.45. The Kier molecular flexibility index (Phi) is 4.42. The van der Waals surface area contributed by atoms with E-state index >= 15 is 0 Å². The number of hydrogen-bond acceptors (Lipinski definition) is 6. The van der Waals surface area contributed by atoms with Gasteiger partial charge < -0.3 is 10.2 Å². The lowest BCUT2D eigenvalue weighted by Crippen LogP contribution is -2.15. The first-order valence-electron chi connectivity index (χ1n) is 6.82. The predicted molar refractivity (Wildman–Crippen MR) is 84.6 cm³/mol. The summed E-state index contributed by atoms with van der Waals surface area (Å²) >= 11 is 2.96. The van der Waals surface area contributed by atoms with Crippen molar-refractivity contribution in [1.29, 1.82) is 0 Å². The molecule has 1 aromatic carbocycles. The van der Waals surface area contributed by atoms with Gasteiger partial charge in [-0.2, -0.15) is 0 Å². The highest BCUT2D eigenvalue weighted by atomic mass is 32.2. The summed E-state index contributed by atoms with van der Waals surface area (Å²) < 4.78 is 14.5. The maximum absolute atomic E-state index is 13.7. The maximum atomic E-state index is 13.7. The molecule has 1 N–H and O–H groups in total. The summed E-state index contributed by atoms with van der Waals surface area (Å²) in [7, 11) is 3.86. The fourth-order valence-electron chi connectivity index (χ4n) is 1.86. The van der Waals surface area contributed by atoms with Gasteiger partial charge in [-0.25, -0.2) is 4.39 Å². The second-order valence-electron chi connectivity index (χ2n) is 5.30. The molecule has 112 valence electrons. The van der Waals surface area contributed by atoms with Crippen LogP contribution in [0.2, 0.25) is 0 Å². The van der Waals surface area contributed by atoms with Gasteiger partial charge in [-0.15, -0.1) is 10.2 Å². The minimum atomic E-state index is -0.204. The van der Waals surface area contributed by atoms with E-state index in [4.69, 9.17) is 0 Å². The third-order valence-corrected chi connectivity index (χ3v) is 5.20. The molecule has 0 unspecified atom stereocenters. The summed E-state index contributed by atoms with van der Waals surface area (Å²) in [6, 6.07) is 5.77. The maximum Gasteiger partial charge on any atom is 0.208 e. The zero-order valence-corrected chi connectivity index (χ0v) is 13.6. The Morgan fingerprint density at radius 2 is 2.14 bits per heavy atom. The Morgan fingerprint density at radius 3 is 2.81 bits per heavy atom. The van der Waals surface area contributed by atoms with Crippen molar-refractivity contribution in [3.63, 3.8) is 0 Å². The quantitative estimate of drug-likeness (QED) is 0.884. The number of halogens is 1. The lowest BCUT2D eigenvalue weighted by atomic mass is 10.2.